The fraction of sp³-hybridized carbons (Fsp3) is 0.615. The first-order valence-corrected chi connectivity index (χ1v) is 8.97. The molecule has 0 atom stereocenters. The van der Waals surface area contributed by atoms with Crippen LogP contribution in [0.1, 0.15) is 30.1 Å². The van der Waals surface area contributed by atoms with Gasteiger partial charge in [-0.15, -0.1) is 11.3 Å². The van der Waals surface area contributed by atoms with Gasteiger partial charge in [0.15, 0.2) is 0 Å². The molecular weight excluding hydrogens is 392 g/mol. The zero-order valence-electron chi connectivity index (χ0n) is 10.9. The lowest BCUT2D eigenvalue weighted by Crippen LogP contribution is -2.39. The molecule has 19 heavy (non-hydrogen) atoms. The van der Waals surface area contributed by atoms with Gasteiger partial charge in [-0.05, 0) is 76.7 Å². The van der Waals surface area contributed by atoms with Crippen LogP contribution in [0.5, 0.6) is 0 Å². The van der Waals surface area contributed by atoms with E-state index in [-0.39, 0.29) is 5.91 Å². The highest BCUT2D eigenvalue weighted by atomic mass is 79.9. The lowest BCUT2D eigenvalue weighted by atomic mass is 9.97. The van der Waals surface area contributed by atoms with Crippen LogP contribution < -0.4 is 5.32 Å². The highest BCUT2D eigenvalue weighted by Crippen LogP contribution is 2.32. The third-order valence-electron chi connectivity index (χ3n) is 3.49. The minimum absolute atomic E-state index is 0.134. The second-order valence-corrected chi connectivity index (χ2v) is 8.52. The lowest BCUT2D eigenvalue weighted by Gasteiger charge is -2.29. The van der Waals surface area contributed by atoms with E-state index in [0.717, 1.165) is 52.2 Å². The van der Waals surface area contributed by atoms with Crippen molar-refractivity contribution in [2.75, 3.05) is 26.2 Å². The van der Waals surface area contributed by atoms with Crippen LogP contribution in [0.3, 0.4) is 0 Å². The molecule has 1 saturated heterocycles. The normalized spacial score (nSPS) is 16.6. The maximum atomic E-state index is 12.5. The molecular formula is C13H18Br2N2OS. The predicted octanol–water partition coefficient (Wildman–Crippen LogP) is 3.73. The predicted molar refractivity (Wildman–Crippen MR) is 86.9 cm³/mol. The molecule has 1 N–H and O–H groups in total. The Balaban J connectivity index is 2.04. The Labute approximate surface area is 135 Å². The Morgan fingerprint density at radius 3 is 2.68 bits per heavy atom. The van der Waals surface area contributed by atoms with E-state index in [1.807, 2.05) is 17.9 Å². The molecule has 106 valence electrons. The van der Waals surface area contributed by atoms with E-state index in [1.54, 1.807) is 11.3 Å². The summed E-state index contributed by atoms with van der Waals surface area (Å²) in [5, 5.41) is 3.36. The van der Waals surface area contributed by atoms with Gasteiger partial charge in [0, 0.05) is 13.1 Å². The fourth-order valence-corrected chi connectivity index (χ4v) is 5.17. The van der Waals surface area contributed by atoms with Crippen LogP contribution >= 0.6 is 43.2 Å². The standard InChI is InChI=1S/C13H18Br2N2OS/c1-2-17(8-9-3-5-16-6-4-9)13(18)10-7-11(14)19-12(10)15/h7,9,16H,2-6,8H2,1H3. The van der Waals surface area contributed by atoms with Crippen molar-refractivity contribution in [3.05, 3.63) is 19.2 Å². The van der Waals surface area contributed by atoms with Crippen molar-refractivity contribution < 1.29 is 4.79 Å². The molecule has 0 aromatic carbocycles. The largest absolute Gasteiger partial charge is 0.339 e. The summed E-state index contributed by atoms with van der Waals surface area (Å²) < 4.78 is 1.90. The number of thiophene rings is 1. The number of carbonyl (C=O) groups is 1. The van der Waals surface area contributed by atoms with Crippen molar-refractivity contribution in [2.45, 2.75) is 19.8 Å². The maximum absolute atomic E-state index is 12.5. The number of rotatable bonds is 4. The van der Waals surface area contributed by atoms with Gasteiger partial charge in [-0.3, -0.25) is 4.79 Å². The minimum Gasteiger partial charge on any atom is -0.339 e. The third-order valence-corrected chi connectivity index (χ3v) is 5.83. The molecule has 0 aliphatic carbocycles. The highest BCUT2D eigenvalue weighted by molar-refractivity contribution is 9.12. The number of halogens is 2. The Morgan fingerprint density at radius 1 is 1.47 bits per heavy atom. The average molecular weight is 410 g/mol. The molecule has 1 aromatic rings. The molecule has 1 fully saturated rings. The fourth-order valence-electron chi connectivity index (χ4n) is 2.39. The van der Waals surface area contributed by atoms with E-state index in [2.05, 4.69) is 37.2 Å². The zero-order chi connectivity index (χ0) is 13.8. The summed E-state index contributed by atoms with van der Waals surface area (Å²) in [6, 6.07) is 1.90. The Morgan fingerprint density at radius 2 is 2.16 bits per heavy atom. The summed E-state index contributed by atoms with van der Waals surface area (Å²) in [6.45, 7) is 5.84. The van der Waals surface area contributed by atoms with Crippen LogP contribution in [0.25, 0.3) is 0 Å². The first kappa shape index (κ1) is 15.5. The summed E-state index contributed by atoms with van der Waals surface area (Å²) in [6.07, 6.45) is 2.33. The number of nitrogens with one attached hydrogen (secondary N) is 1. The Kier molecular flexibility index (Phi) is 5.87. The smallest absolute Gasteiger partial charge is 0.255 e. The molecule has 2 heterocycles. The van der Waals surface area contributed by atoms with Crippen molar-refractivity contribution in [1.82, 2.24) is 10.2 Å². The lowest BCUT2D eigenvalue weighted by molar-refractivity contribution is 0.0726. The van der Waals surface area contributed by atoms with Gasteiger partial charge in [-0.2, -0.15) is 0 Å². The van der Waals surface area contributed by atoms with Crippen molar-refractivity contribution in [1.29, 1.82) is 0 Å². The molecule has 0 saturated carbocycles. The Hall–Kier alpha value is 0.0900. The number of hydrogen-bond acceptors (Lipinski definition) is 3. The third kappa shape index (κ3) is 4.03. The van der Waals surface area contributed by atoms with E-state index in [9.17, 15) is 4.79 Å². The number of nitrogens with zero attached hydrogens (tertiary/aromatic N) is 1. The molecule has 1 aliphatic heterocycles. The zero-order valence-corrected chi connectivity index (χ0v) is 14.9. The first-order chi connectivity index (χ1) is 9.11. The minimum atomic E-state index is 0.134. The molecule has 0 unspecified atom stereocenters. The van der Waals surface area contributed by atoms with Crippen LogP contribution in [0.2, 0.25) is 0 Å². The topological polar surface area (TPSA) is 32.3 Å². The van der Waals surface area contributed by atoms with E-state index in [4.69, 9.17) is 0 Å². The van der Waals surface area contributed by atoms with Gasteiger partial charge in [0.1, 0.15) is 0 Å². The van der Waals surface area contributed by atoms with Gasteiger partial charge < -0.3 is 10.2 Å². The summed E-state index contributed by atoms with van der Waals surface area (Å²) in [4.78, 5) is 14.5. The summed E-state index contributed by atoms with van der Waals surface area (Å²) >= 11 is 8.45. The van der Waals surface area contributed by atoms with Crippen LogP contribution in [0.4, 0.5) is 0 Å². The number of piperidine rings is 1. The molecule has 1 aliphatic rings. The van der Waals surface area contributed by atoms with Crippen molar-refractivity contribution in [3.63, 3.8) is 0 Å². The average Bonchev–Trinajstić information content (AvgIpc) is 2.75. The van der Waals surface area contributed by atoms with Gasteiger partial charge in [0.25, 0.3) is 5.91 Å². The molecule has 3 nitrogen and oxygen atoms in total. The van der Waals surface area contributed by atoms with E-state index < -0.39 is 0 Å². The SMILES string of the molecule is CCN(CC1CCNCC1)C(=O)c1cc(Br)sc1Br. The van der Waals surface area contributed by atoms with Gasteiger partial charge >= 0.3 is 0 Å². The van der Waals surface area contributed by atoms with Crippen LogP contribution in [0, 0.1) is 5.92 Å². The number of amides is 1. The summed E-state index contributed by atoms with van der Waals surface area (Å²) in [5.74, 6) is 0.765. The molecule has 0 radical (unpaired) electrons. The second-order valence-electron chi connectivity index (χ2n) is 4.78. The second kappa shape index (κ2) is 7.20. The highest BCUT2D eigenvalue weighted by Gasteiger charge is 2.23. The quantitative estimate of drug-likeness (QED) is 0.821. The molecule has 0 spiro atoms. The first-order valence-electron chi connectivity index (χ1n) is 6.56. The van der Waals surface area contributed by atoms with Crippen molar-refractivity contribution in [3.8, 4) is 0 Å². The molecule has 1 aromatic heterocycles. The summed E-state index contributed by atoms with van der Waals surface area (Å²) in [5.41, 5.74) is 0.771. The van der Waals surface area contributed by atoms with Gasteiger partial charge in [0.05, 0.1) is 13.1 Å². The van der Waals surface area contributed by atoms with Crippen molar-refractivity contribution >= 4 is 49.1 Å². The Bertz CT molecular complexity index is 444. The van der Waals surface area contributed by atoms with Gasteiger partial charge in [0.2, 0.25) is 0 Å². The number of hydrogen-bond donors (Lipinski definition) is 1. The molecule has 6 heteroatoms. The van der Waals surface area contributed by atoms with Crippen molar-refractivity contribution in [2.24, 2.45) is 5.92 Å². The van der Waals surface area contributed by atoms with E-state index >= 15 is 0 Å². The number of carbonyl (C=O) groups excluding carboxylic acids is 1. The molecule has 0 bridgehead atoms. The van der Waals surface area contributed by atoms with Gasteiger partial charge in [-0.1, -0.05) is 0 Å². The van der Waals surface area contributed by atoms with Crippen LogP contribution in [-0.2, 0) is 0 Å². The maximum Gasteiger partial charge on any atom is 0.255 e. The van der Waals surface area contributed by atoms with Crippen LogP contribution in [-0.4, -0.2) is 37.0 Å². The van der Waals surface area contributed by atoms with E-state index in [0.29, 0.717) is 5.92 Å². The van der Waals surface area contributed by atoms with Gasteiger partial charge in [-0.25, -0.2) is 0 Å². The molecule has 1 amide bonds. The van der Waals surface area contributed by atoms with Crippen LogP contribution in [0.15, 0.2) is 13.6 Å². The van der Waals surface area contributed by atoms with E-state index in [1.165, 1.54) is 0 Å². The molecule has 2 rings (SSSR count). The monoisotopic (exact) mass is 408 g/mol. The summed E-state index contributed by atoms with van der Waals surface area (Å²) in [7, 11) is 0.